The first kappa shape index (κ1) is 17.7. The molecule has 5 heteroatoms. The van der Waals surface area contributed by atoms with Crippen molar-refractivity contribution < 1.29 is 9.47 Å². The van der Waals surface area contributed by atoms with E-state index < -0.39 is 0 Å². The zero-order chi connectivity index (χ0) is 17.5. The predicted molar refractivity (Wildman–Crippen MR) is 99.1 cm³/mol. The molecule has 0 amide bonds. The molecule has 24 heavy (non-hydrogen) atoms. The molecule has 1 atom stereocenters. The smallest absolute Gasteiger partial charge is 0.193 e. The fourth-order valence-electron chi connectivity index (χ4n) is 2.18. The maximum absolute atomic E-state index is 5.94. The Kier molecular flexibility index (Phi) is 6.07. The van der Waals surface area contributed by atoms with Crippen molar-refractivity contribution in [3.8, 4) is 11.5 Å². The predicted octanol–water partition coefficient (Wildman–Crippen LogP) is 3.51. The molecule has 0 bridgehead atoms. The van der Waals surface area contributed by atoms with Crippen molar-refractivity contribution in [3.05, 3.63) is 53.6 Å². The number of nitrogens with one attached hydrogen (secondary N) is 1. The third-order valence-corrected chi connectivity index (χ3v) is 3.68. The number of aliphatic imine (C=N–C) groups is 1. The van der Waals surface area contributed by atoms with Gasteiger partial charge in [-0.25, -0.2) is 4.99 Å². The highest BCUT2D eigenvalue weighted by Gasteiger charge is 2.05. The number of hydrogen-bond acceptors (Lipinski definition) is 3. The van der Waals surface area contributed by atoms with Crippen LogP contribution in [0.25, 0.3) is 0 Å². The van der Waals surface area contributed by atoms with E-state index >= 15 is 0 Å². The second-order valence-corrected chi connectivity index (χ2v) is 5.76. The van der Waals surface area contributed by atoms with Gasteiger partial charge in [-0.1, -0.05) is 12.1 Å². The van der Waals surface area contributed by atoms with Gasteiger partial charge in [-0.15, -0.1) is 0 Å². The number of nitrogens with two attached hydrogens (primary N) is 1. The van der Waals surface area contributed by atoms with Crippen LogP contribution in [0, 0.1) is 13.8 Å². The van der Waals surface area contributed by atoms with Crippen LogP contribution in [-0.2, 0) is 0 Å². The Balaban J connectivity index is 1.89. The lowest BCUT2D eigenvalue weighted by atomic mass is 10.1. The number of ether oxygens (including phenoxy) is 2. The van der Waals surface area contributed by atoms with E-state index in [0.717, 1.165) is 17.2 Å². The lowest BCUT2D eigenvalue weighted by Crippen LogP contribution is -2.25. The minimum atomic E-state index is -0.0998. The van der Waals surface area contributed by atoms with Gasteiger partial charge in [-0.3, -0.25) is 0 Å². The Hall–Kier alpha value is -2.69. The molecule has 2 rings (SSSR count). The monoisotopic (exact) mass is 327 g/mol. The van der Waals surface area contributed by atoms with Crippen molar-refractivity contribution in [2.24, 2.45) is 10.7 Å². The Morgan fingerprint density at radius 2 is 1.88 bits per heavy atom. The van der Waals surface area contributed by atoms with E-state index in [1.807, 2.05) is 43.3 Å². The molecule has 0 saturated heterocycles. The van der Waals surface area contributed by atoms with Crippen molar-refractivity contribution in [1.29, 1.82) is 0 Å². The summed E-state index contributed by atoms with van der Waals surface area (Å²) in [5, 5.41) is 3.10. The standard InChI is InChI=1S/C19H25N3O2/c1-13-8-9-16(10-14(13)2)22-19(20)21-12-15(3)24-18-7-5-6-17(11-18)23-4/h5-11,15H,12H2,1-4H3,(H3,20,21,22). The normalized spacial score (nSPS) is 12.6. The van der Waals surface area contributed by atoms with Crippen LogP contribution in [0.4, 0.5) is 5.69 Å². The molecule has 2 aromatic rings. The molecule has 0 aromatic heterocycles. The molecule has 0 aliphatic carbocycles. The van der Waals surface area contributed by atoms with E-state index in [1.165, 1.54) is 11.1 Å². The second-order valence-electron chi connectivity index (χ2n) is 5.76. The van der Waals surface area contributed by atoms with E-state index in [9.17, 15) is 0 Å². The zero-order valence-electron chi connectivity index (χ0n) is 14.7. The van der Waals surface area contributed by atoms with Crippen LogP contribution in [0.1, 0.15) is 18.1 Å². The molecule has 0 saturated carbocycles. The lowest BCUT2D eigenvalue weighted by molar-refractivity contribution is 0.229. The number of guanidine groups is 1. The van der Waals surface area contributed by atoms with E-state index in [2.05, 4.69) is 30.2 Å². The van der Waals surface area contributed by atoms with Crippen molar-refractivity contribution >= 4 is 11.6 Å². The third-order valence-electron chi connectivity index (χ3n) is 3.68. The largest absolute Gasteiger partial charge is 0.497 e. The van der Waals surface area contributed by atoms with Gasteiger partial charge in [0.25, 0.3) is 0 Å². The average Bonchev–Trinajstić information content (AvgIpc) is 2.56. The maximum Gasteiger partial charge on any atom is 0.193 e. The molecular weight excluding hydrogens is 302 g/mol. The fourth-order valence-corrected chi connectivity index (χ4v) is 2.18. The number of anilines is 1. The number of rotatable bonds is 6. The summed E-state index contributed by atoms with van der Waals surface area (Å²) in [5.74, 6) is 1.89. The summed E-state index contributed by atoms with van der Waals surface area (Å²) < 4.78 is 11.0. The van der Waals surface area contributed by atoms with Crippen LogP contribution in [0.2, 0.25) is 0 Å². The van der Waals surface area contributed by atoms with Crippen molar-refractivity contribution in [1.82, 2.24) is 0 Å². The van der Waals surface area contributed by atoms with Crippen LogP contribution in [-0.4, -0.2) is 25.7 Å². The van der Waals surface area contributed by atoms with E-state index in [4.69, 9.17) is 15.2 Å². The molecular formula is C19H25N3O2. The molecule has 0 aliphatic rings. The molecule has 128 valence electrons. The first-order valence-corrected chi connectivity index (χ1v) is 7.93. The van der Waals surface area contributed by atoms with Crippen LogP contribution in [0.15, 0.2) is 47.5 Å². The summed E-state index contributed by atoms with van der Waals surface area (Å²) in [7, 11) is 1.63. The van der Waals surface area contributed by atoms with Gasteiger partial charge in [0.15, 0.2) is 5.96 Å². The van der Waals surface area contributed by atoms with Gasteiger partial charge in [0.2, 0.25) is 0 Å². The quantitative estimate of drug-likeness (QED) is 0.629. The van der Waals surface area contributed by atoms with Gasteiger partial charge < -0.3 is 20.5 Å². The Labute approximate surface area is 143 Å². The first-order chi connectivity index (χ1) is 11.5. The number of benzene rings is 2. The first-order valence-electron chi connectivity index (χ1n) is 7.93. The summed E-state index contributed by atoms with van der Waals surface area (Å²) >= 11 is 0. The topological polar surface area (TPSA) is 68.9 Å². The van der Waals surface area contributed by atoms with Crippen LogP contribution < -0.4 is 20.5 Å². The zero-order valence-corrected chi connectivity index (χ0v) is 14.7. The lowest BCUT2D eigenvalue weighted by Gasteiger charge is -2.14. The maximum atomic E-state index is 5.94. The number of methoxy groups -OCH3 is 1. The molecule has 1 unspecified atom stereocenters. The SMILES string of the molecule is COc1cccc(OC(C)CN=C(N)Nc2ccc(C)c(C)c2)c1. The van der Waals surface area contributed by atoms with E-state index in [1.54, 1.807) is 7.11 Å². The van der Waals surface area contributed by atoms with Gasteiger partial charge in [-0.05, 0) is 56.2 Å². The van der Waals surface area contributed by atoms with Crippen LogP contribution >= 0.6 is 0 Å². The average molecular weight is 327 g/mol. The molecule has 0 radical (unpaired) electrons. The minimum Gasteiger partial charge on any atom is -0.497 e. The van der Waals surface area contributed by atoms with Gasteiger partial charge in [0.1, 0.15) is 17.6 Å². The Bertz CT molecular complexity index is 714. The highest BCUT2D eigenvalue weighted by atomic mass is 16.5. The molecule has 0 heterocycles. The molecule has 0 fully saturated rings. The van der Waals surface area contributed by atoms with Crippen molar-refractivity contribution in [2.45, 2.75) is 26.9 Å². The number of hydrogen-bond donors (Lipinski definition) is 2. The van der Waals surface area contributed by atoms with Crippen molar-refractivity contribution in [2.75, 3.05) is 19.0 Å². The highest BCUT2D eigenvalue weighted by Crippen LogP contribution is 2.20. The van der Waals surface area contributed by atoms with Crippen LogP contribution in [0.3, 0.4) is 0 Å². The molecule has 0 spiro atoms. The Morgan fingerprint density at radius 3 is 2.58 bits per heavy atom. The van der Waals surface area contributed by atoms with E-state index in [-0.39, 0.29) is 6.10 Å². The van der Waals surface area contributed by atoms with E-state index in [0.29, 0.717) is 12.5 Å². The molecule has 5 nitrogen and oxygen atoms in total. The summed E-state index contributed by atoms with van der Waals surface area (Å²) in [6.07, 6.45) is -0.0998. The molecule has 2 aromatic carbocycles. The molecule has 0 aliphatic heterocycles. The summed E-state index contributed by atoms with van der Waals surface area (Å²) in [5.41, 5.74) is 9.33. The number of nitrogens with zero attached hydrogens (tertiary/aromatic N) is 1. The summed E-state index contributed by atoms with van der Waals surface area (Å²) in [6.45, 7) is 6.55. The second kappa shape index (κ2) is 8.24. The van der Waals surface area contributed by atoms with Crippen molar-refractivity contribution in [3.63, 3.8) is 0 Å². The van der Waals surface area contributed by atoms with Crippen LogP contribution in [0.5, 0.6) is 11.5 Å². The van der Waals surface area contributed by atoms with Gasteiger partial charge in [0, 0.05) is 11.8 Å². The Morgan fingerprint density at radius 1 is 1.12 bits per heavy atom. The summed E-state index contributed by atoms with van der Waals surface area (Å²) in [4.78, 5) is 4.34. The minimum absolute atomic E-state index is 0.0998. The fraction of sp³-hybridized carbons (Fsp3) is 0.316. The molecule has 3 N–H and O–H groups in total. The van der Waals surface area contributed by atoms with Gasteiger partial charge >= 0.3 is 0 Å². The third kappa shape index (κ3) is 5.19. The summed E-state index contributed by atoms with van der Waals surface area (Å²) in [6, 6.07) is 13.6. The highest BCUT2D eigenvalue weighted by molar-refractivity contribution is 5.92. The van der Waals surface area contributed by atoms with Gasteiger partial charge in [-0.2, -0.15) is 0 Å². The number of aryl methyl sites for hydroxylation is 2. The van der Waals surface area contributed by atoms with Gasteiger partial charge in [0.05, 0.1) is 13.7 Å².